The molecule has 0 rings (SSSR count). The van der Waals surface area contributed by atoms with Crippen LogP contribution in [0.4, 0.5) is 0 Å². The van der Waals surface area contributed by atoms with Gasteiger partial charge in [0.2, 0.25) is 0 Å². The van der Waals surface area contributed by atoms with Crippen molar-refractivity contribution in [2.75, 3.05) is 13.2 Å². The van der Waals surface area contributed by atoms with Gasteiger partial charge in [-0.1, -0.05) is 253 Å². The monoisotopic (exact) mass is 931 g/mol. The molecule has 0 saturated heterocycles. The summed E-state index contributed by atoms with van der Waals surface area (Å²) in [6.45, 7) is 6.33. The van der Waals surface area contributed by atoms with Crippen LogP contribution < -0.4 is 0 Å². The van der Waals surface area contributed by atoms with Crippen LogP contribution in [0.25, 0.3) is 0 Å². The molecule has 67 heavy (non-hydrogen) atoms. The third-order valence-electron chi connectivity index (χ3n) is 11.6. The second-order valence-electron chi connectivity index (χ2n) is 18.1. The van der Waals surface area contributed by atoms with E-state index in [1.807, 2.05) is 6.08 Å². The van der Waals surface area contributed by atoms with Crippen molar-refractivity contribution in [3.8, 4) is 0 Å². The largest absolute Gasteiger partial charge is 0.462 e. The highest BCUT2D eigenvalue weighted by atomic mass is 16.6. The van der Waals surface area contributed by atoms with E-state index in [0.29, 0.717) is 12.8 Å². The molecule has 0 aromatic carbocycles. The lowest BCUT2D eigenvalue weighted by atomic mass is 10.0. The Bertz CT molecular complexity index is 1350. The highest BCUT2D eigenvalue weighted by Gasteiger charge is 2.19. The maximum absolute atomic E-state index is 12.8. The molecule has 0 aromatic rings. The molecule has 0 heterocycles. The predicted octanol–water partition coefficient (Wildman–Crippen LogP) is 18.5. The molecule has 0 N–H and O–H groups in total. The molecule has 382 valence electrons. The highest BCUT2D eigenvalue weighted by molar-refractivity contribution is 5.72. The van der Waals surface area contributed by atoms with Crippen LogP contribution in [0, 0.1) is 0 Å². The van der Waals surface area contributed by atoms with E-state index in [1.54, 1.807) is 6.08 Å². The number of rotatable bonds is 49. The average Bonchev–Trinajstić information content (AvgIpc) is 3.33. The van der Waals surface area contributed by atoms with Crippen LogP contribution in [0.2, 0.25) is 0 Å². The van der Waals surface area contributed by atoms with Crippen molar-refractivity contribution in [1.82, 2.24) is 0 Å². The van der Waals surface area contributed by atoms with Crippen molar-refractivity contribution in [3.05, 3.63) is 97.2 Å². The molecule has 0 aliphatic rings. The molecule has 0 saturated carbocycles. The minimum absolute atomic E-state index is 0.0923. The van der Waals surface area contributed by atoms with Crippen molar-refractivity contribution < 1.29 is 28.6 Å². The van der Waals surface area contributed by atoms with Crippen LogP contribution in [0.5, 0.6) is 0 Å². The summed E-state index contributed by atoms with van der Waals surface area (Å²) in [4.78, 5) is 38.0. The van der Waals surface area contributed by atoms with Gasteiger partial charge >= 0.3 is 17.9 Å². The highest BCUT2D eigenvalue weighted by Crippen LogP contribution is 2.16. The Kier molecular flexibility index (Phi) is 51.9. The van der Waals surface area contributed by atoms with Gasteiger partial charge in [0.05, 0.1) is 6.42 Å². The molecule has 0 spiro atoms. The van der Waals surface area contributed by atoms with Crippen LogP contribution in [0.3, 0.4) is 0 Å². The fraction of sp³-hybridized carbons (Fsp3) is 0.689. The first-order chi connectivity index (χ1) is 33.0. The first-order valence-electron chi connectivity index (χ1n) is 27.7. The minimum atomic E-state index is -0.838. The van der Waals surface area contributed by atoms with Gasteiger partial charge in [0.15, 0.2) is 6.10 Å². The van der Waals surface area contributed by atoms with Crippen LogP contribution in [-0.2, 0) is 28.6 Å². The molecule has 0 radical (unpaired) electrons. The van der Waals surface area contributed by atoms with Crippen LogP contribution in [-0.4, -0.2) is 37.2 Å². The summed E-state index contributed by atoms with van der Waals surface area (Å²) in [5, 5.41) is 0. The van der Waals surface area contributed by atoms with E-state index in [1.165, 1.54) is 103 Å². The zero-order valence-corrected chi connectivity index (χ0v) is 43.6. The van der Waals surface area contributed by atoms with Gasteiger partial charge in [0, 0.05) is 12.8 Å². The molecule has 0 aromatic heterocycles. The maximum Gasteiger partial charge on any atom is 0.310 e. The van der Waals surface area contributed by atoms with Gasteiger partial charge in [-0.05, 0) is 77.0 Å². The summed E-state index contributed by atoms with van der Waals surface area (Å²) in [6.07, 6.45) is 72.8. The topological polar surface area (TPSA) is 78.9 Å². The maximum atomic E-state index is 12.8. The Balaban J connectivity index is 4.47. The Morgan fingerprint density at radius 3 is 0.985 bits per heavy atom. The Hall–Kier alpha value is -3.67. The fourth-order valence-corrected chi connectivity index (χ4v) is 7.53. The number of hydrogen-bond donors (Lipinski definition) is 0. The minimum Gasteiger partial charge on any atom is -0.462 e. The predicted molar refractivity (Wildman–Crippen MR) is 288 cm³/mol. The molecule has 0 amide bonds. The number of unbranched alkanes of at least 4 members (excludes halogenated alkanes) is 23. The summed E-state index contributed by atoms with van der Waals surface area (Å²) in [5.41, 5.74) is 0. The lowest BCUT2D eigenvalue weighted by Crippen LogP contribution is -2.30. The van der Waals surface area contributed by atoms with Crippen molar-refractivity contribution in [3.63, 3.8) is 0 Å². The molecule has 0 aliphatic heterocycles. The number of ether oxygens (including phenoxy) is 3. The van der Waals surface area contributed by atoms with Gasteiger partial charge < -0.3 is 14.2 Å². The summed E-state index contributed by atoms with van der Waals surface area (Å²) >= 11 is 0. The van der Waals surface area contributed by atoms with Crippen LogP contribution in [0.15, 0.2) is 97.2 Å². The lowest BCUT2D eigenvalue weighted by Gasteiger charge is -2.18. The first kappa shape index (κ1) is 63.3. The summed E-state index contributed by atoms with van der Waals surface area (Å²) < 4.78 is 16.7. The number of carbonyl (C=O) groups excluding carboxylic acids is 3. The van der Waals surface area contributed by atoms with Crippen LogP contribution in [0.1, 0.15) is 252 Å². The van der Waals surface area contributed by atoms with Gasteiger partial charge in [-0.25, -0.2) is 0 Å². The molecule has 1 atom stereocenters. The van der Waals surface area contributed by atoms with E-state index >= 15 is 0 Å². The van der Waals surface area contributed by atoms with Crippen molar-refractivity contribution >= 4 is 17.9 Å². The summed E-state index contributed by atoms with van der Waals surface area (Å²) in [5.74, 6) is -1.07. The van der Waals surface area contributed by atoms with E-state index in [0.717, 1.165) is 109 Å². The van der Waals surface area contributed by atoms with E-state index in [9.17, 15) is 14.4 Å². The van der Waals surface area contributed by atoms with E-state index in [4.69, 9.17) is 14.2 Å². The second kappa shape index (κ2) is 54.9. The fourth-order valence-electron chi connectivity index (χ4n) is 7.53. The Morgan fingerprint density at radius 2 is 0.627 bits per heavy atom. The molecule has 1 unspecified atom stereocenters. The van der Waals surface area contributed by atoms with E-state index in [2.05, 4.69) is 106 Å². The van der Waals surface area contributed by atoms with Crippen molar-refractivity contribution in [1.29, 1.82) is 0 Å². The van der Waals surface area contributed by atoms with Crippen LogP contribution >= 0.6 is 0 Å². The van der Waals surface area contributed by atoms with E-state index < -0.39 is 12.1 Å². The molecule has 6 nitrogen and oxygen atoms in total. The number of carbonyl (C=O) groups is 3. The number of hydrogen-bond acceptors (Lipinski definition) is 6. The quantitative estimate of drug-likeness (QED) is 0.0262. The van der Waals surface area contributed by atoms with Crippen molar-refractivity contribution in [2.45, 2.75) is 258 Å². The van der Waals surface area contributed by atoms with Gasteiger partial charge in [-0.15, -0.1) is 0 Å². The van der Waals surface area contributed by atoms with Gasteiger partial charge in [-0.3, -0.25) is 14.4 Å². The molecule has 0 aliphatic carbocycles. The number of allylic oxidation sites excluding steroid dienone is 15. The Labute approximate surface area is 413 Å². The van der Waals surface area contributed by atoms with Crippen molar-refractivity contribution in [2.24, 2.45) is 0 Å². The third-order valence-corrected chi connectivity index (χ3v) is 11.6. The zero-order valence-electron chi connectivity index (χ0n) is 43.6. The normalized spacial score (nSPS) is 12.8. The second-order valence-corrected chi connectivity index (χ2v) is 18.1. The Morgan fingerprint density at radius 1 is 0.328 bits per heavy atom. The zero-order chi connectivity index (χ0) is 48.6. The standard InChI is InChI=1S/C61H102O6/c1-4-7-10-13-16-19-22-25-28-29-30-31-34-36-39-42-45-48-51-54-60(63)66-57-58(67-61(64)55-52-49-46-43-40-37-33-27-24-21-18-15-12-9-6-3)56-65-59(62)53-50-47-44-41-38-35-32-26-23-20-17-14-11-8-5-2/h8-9,11-12,17-18,20-21,26-27,32-33,40,43,49,52,58H,4-7,10,13-16,19,22-25,28-31,34-39,41-42,44-48,50-51,53-57H2,1-3H3/b11-8-,12-9-,20-17-,21-18-,32-26-,33-27-,43-40-,52-49-. The molecular formula is C61H102O6. The molecule has 0 bridgehead atoms. The smallest absolute Gasteiger partial charge is 0.310 e. The summed E-state index contributed by atoms with van der Waals surface area (Å²) in [6, 6.07) is 0. The summed E-state index contributed by atoms with van der Waals surface area (Å²) in [7, 11) is 0. The first-order valence-corrected chi connectivity index (χ1v) is 27.7. The molecule has 6 heteroatoms. The van der Waals surface area contributed by atoms with Gasteiger partial charge in [0.1, 0.15) is 13.2 Å². The van der Waals surface area contributed by atoms with Gasteiger partial charge in [-0.2, -0.15) is 0 Å². The lowest BCUT2D eigenvalue weighted by molar-refractivity contribution is -0.166. The third kappa shape index (κ3) is 53.2. The molecule has 0 fully saturated rings. The van der Waals surface area contributed by atoms with E-state index in [-0.39, 0.29) is 31.6 Å². The molecular weight excluding hydrogens is 829 g/mol. The SMILES string of the molecule is CC/C=C\C/C=C\C/C=C\C/C=C\C/C=C\CC(=O)OC(COC(=O)CCCCCCC/C=C\C/C=C\C/C=C\CC)COC(=O)CCCCCCCCCCCCCCCCCCCCC. The number of esters is 3. The average molecular weight is 931 g/mol. The van der Waals surface area contributed by atoms with Gasteiger partial charge in [0.25, 0.3) is 0 Å².